The summed E-state index contributed by atoms with van der Waals surface area (Å²) in [5.74, 6) is 1.26. The van der Waals surface area contributed by atoms with Gasteiger partial charge in [0.15, 0.2) is 0 Å². The Kier molecular flexibility index (Phi) is 4.40. The minimum Gasteiger partial charge on any atom is -0.493 e. The van der Waals surface area contributed by atoms with Crippen LogP contribution in [0.15, 0.2) is 18.2 Å². The van der Waals surface area contributed by atoms with Crippen LogP contribution in [0.2, 0.25) is 5.02 Å². The van der Waals surface area contributed by atoms with Crippen molar-refractivity contribution in [1.82, 2.24) is 0 Å². The molecule has 0 unspecified atom stereocenters. The van der Waals surface area contributed by atoms with Gasteiger partial charge in [0.25, 0.3) is 0 Å². The lowest BCUT2D eigenvalue weighted by atomic mass is 10.2. The maximum Gasteiger partial charge on any atom is 0.123 e. The highest BCUT2D eigenvalue weighted by Gasteiger charge is 2.02. The third-order valence-electron chi connectivity index (χ3n) is 1.63. The molecule has 1 aromatic rings. The second-order valence-corrected chi connectivity index (χ2v) is 3.44. The number of rotatable bonds is 4. The van der Waals surface area contributed by atoms with Crippen molar-refractivity contribution in [2.75, 3.05) is 6.61 Å². The monoisotopic (exact) mass is 218 g/mol. The lowest BCUT2D eigenvalue weighted by Gasteiger charge is -2.08. The molecule has 1 aromatic carbocycles. The van der Waals surface area contributed by atoms with E-state index in [-0.39, 0.29) is 0 Å². The van der Waals surface area contributed by atoms with E-state index in [1.807, 2.05) is 18.2 Å². The first-order valence-electron chi connectivity index (χ1n) is 4.25. The predicted octanol–water partition coefficient (Wildman–Crippen LogP) is 3.87. The van der Waals surface area contributed by atoms with Gasteiger partial charge in [-0.15, -0.1) is 11.6 Å². The van der Waals surface area contributed by atoms with E-state index in [4.69, 9.17) is 27.9 Å². The van der Waals surface area contributed by atoms with Gasteiger partial charge < -0.3 is 4.74 Å². The Labute approximate surface area is 88.6 Å². The van der Waals surface area contributed by atoms with Gasteiger partial charge in [-0.05, 0) is 24.6 Å². The van der Waals surface area contributed by atoms with Gasteiger partial charge in [0.1, 0.15) is 5.75 Å². The zero-order valence-corrected chi connectivity index (χ0v) is 9.03. The van der Waals surface area contributed by atoms with Gasteiger partial charge in [-0.3, -0.25) is 0 Å². The highest BCUT2D eigenvalue weighted by Crippen LogP contribution is 2.24. The van der Waals surface area contributed by atoms with Crippen molar-refractivity contribution in [3.63, 3.8) is 0 Å². The lowest BCUT2D eigenvalue weighted by molar-refractivity contribution is 0.315. The van der Waals surface area contributed by atoms with E-state index < -0.39 is 0 Å². The van der Waals surface area contributed by atoms with Gasteiger partial charge in [-0.25, -0.2) is 0 Å². The molecule has 0 radical (unpaired) electrons. The SMILES string of the molecule is CCCOc1ccc(Cl)cc1CCl. The maximum atomic E-state index is 5.82. The summed E-state index contributed by atoms with van der Waals surface area (Å²) in [6.07, 6.45) is 0.990. The maximum absolute atomic E-state index is 5.82. The van der Waals surface area contributed by atoms with Crippen molar-refractivity contribution < 1.29 is 4.74 Å². The first kappa shape index (κ1) is 10.7. The molecule has 0 aromatic heterocycles. The minimum absolute atomic E-state index is 0.430. The molecular formula is C10H12Cl2O. The summed E-state index contributed by atoms with van der Waals surface area (Å²) in [5, 5.41) is 0.694. The first-order valence-corrected chi connectivity index (χ1v) is 5.16. The summed E-state index contributed by atoms with van der Waals surface area (Å²) in [6, 6.07) is 5.50. The summed E-state index contributed by atoms with van der Waals surface area (Å²) in [7, 11) is 0. The number of halogens is 2. The summed E-state index contributed by atoms with van der Waals surface area (Å²) in [5.41, 5.74) is 0.947. The fourth-order valence-corrected chi connectivity index (χ4v) is 1.41. The second-order valence-electron chi connectivity index (χ2n) is 2.73. The van der Waals surface area contributed by atoms with Gasteiger partial charge in [0.2, 0.25) is 0 Å². The molecule has 1 nitrogen and oxygen atoms in total. The Balaban J connectivity index is 2.79. The first-order chi connectivity index (χ1) is 6.27. The van der Waals surface area contributed by atoms with Crippen molar-refractivity contribution in [3.05, 3.63) is 28.8 Å². The standard InChI is InChI=1S/C10H12Cl2O/c1-2-5-13-10-4-3-9(12)6-8(10)7-11/h3-4,6H,2,5,7H2,1H3. The Bertz CT molecular complexity index is 274. The topological polar surface area (TPSA) is 9.23 Å². The molecule has 3 heteroatoms. The van der Waals surface area contributed by atoms with E-state index in [1.54, 1.807) is 0 Å². The molecule has 0 saturated carbocycles. The zero-order valence-electron chi connectivity index (χ0n) is 7.52. The molecule has 0 saturated heterocycles. The van der Waals surface area contributed by atoms with Gasteiger partial charge in [0, 0.05) is 10.6 Å². The van der Waals surface area contributed by atoms with Crippen molar-refractivity contribution in [1.29, 1.82) is 0 Å². The number of benzene rings is 1. The predicted molar refractivity (Wildman–Crippen MR) is 56.8 cm³/mol. The second kappa shape index (κ2) is 5.36. The fourth-order valence-electron chi connectivity index (χ4n) is 1.01. The number of alkyl halides is 1. The van der Waals surface area contributed by atoms with Gasteiger partial charge >= 0.3 is 0 Å². The molecule has 0 atom stereocenters. The summed E-state index contributed by atoms with van der Waals surface area (Å²) in [4.78, 5) is 0. The largest absolute Gasteiger partial charge is 0.493 e. The Morgan fingerprint density at radius 3 is 2.77 bits per heavy atom. The highest BCUT2D eigenvalue weighted by molar-refractivity contribution is 6.30. The van der Waals surface area contributed by atoms with Crippen molar-refractivity contribution in [3.8, 4) is 5.75 Å². The summed E-state index contributed by atoms with van der Waals surface area (Å²) in [6.45, 7) is 2.78. The van der Waals surface area contributed by atoms with E-state index in [0.29, 0.717) is 17.5 Å². The Morgan fingerprint density at radius 2 is 2.15 bits per heavy atom. The zero-order chi connectivity index (χ0) is 9.68. The molecule has 0 amide bonds. The van der Waals surface area contributed by atoms with E-state index in [1.165, 1.54) is 0 Å². The number of ether oxygens (including phenoxy) is 1. The van der Waals surface area contributed by atoms with Crippen LogP contribution in [-0.4, -0.2) is 6.61 Å². The molecule has 0 bridgehead atoms. The van der Waals surface area contributed by atoms with Crippen LogP contribution >= 0.6 is 23.2 Å². The average molecular weight is 219 g/mol. The normalized spacial score (nSPS) is 10.1. The average Bonchev–Trinajstić information content (AvgIpc) is 2.16. The lowest BCUT2D eigenvalue weighted by Crippen LogP contribution is -1.97. The number of hydrogen-bond acceptors (Lipinski definition) is 1. The van der Waals surface area contributed by atoms with Crippen LogP contribution in [0.25, 0.3) is 0 Å². The van der Waals surface area contributed by atoms with Crippen LogP contribution in [0.1, 0.15) is 18.9 Å². The smallest absolute Gasteiger partial charge is 0.123 e. The molecule has 0 heterocycles. The molecule has 1 rings (SSSR count). The molecule has 13 heavy (non-hydrogen) atoms. The molecule has 0 N–H and O–H groups in total. The fraction of sp³-hybridized carbons (Fsp3) is 0.400. The van der Waals surface area contributed by atoms with E-state index in [9.17, 15) is 0 Å². The molecule has 0 aliphatic heterocycles. The summed E-state index contributed by atoms with van der Waals surface area (Å²) < 4.78 is 5.49. The third-order valence-corrected chi connectivity index (χ3v) is 2.15. The molecule has 0 spiro atoms. The van der Waals surface area contributed by atoms with Crippen molar-refractivity contribution >= 4 is 23.2 Å². The molecule has 0 aliphatic carbocycles. The van der Waals surface area contributed by atoms with E-state index in [2.05, 4.69) is 6.92 Å². The quantitative estimate of drug-likeness (QED) is 0.698. The van der Waals surface area contributed by atoms with Crippen LogP contribution in [0.5, 0.6) is 5.75 Å². The van der Waals surface area contributed by atoms with Gasteiger partial charge in [-0.2, -0.15) is 0 Å². The van der Waals surface area contributed by atoms with Gasteiger partial charge in [-0.1, -0.05) is 18.5 Å². The van der Waals surface area contributed by atoms with Crippen LogP contribution < -0.4 is 4.74 Å². The Morgan fingerprint density at radius 1 is 1.38 bits per heavy atom. The molecule has 0 aliphatic rings. The highest BCUT2D eigenvalue weighted by atomic mass is 35.5. The minimum atomic E-state index is 0.430. The van der Waals surface area contributed by atoms with E-state index >= 15 is 0 Å². The Hall–Kier alpha value is -0.400. The van der Waals surface area contributed by atoms with Crippen LogP contribution in [-0.2, 0) is 5.88 Å². The summed E-state index contributed by atoms with van der Waals surface area (Å²) >= 11 is 11.6. The van der Waals surface area contributed by atoms with Crippen molar-refractivity contribution in [2.45, 2.75) is 19.2 Å². The van der Waals surface area contributed by atoms with Crippen LogP contribution in [0.3, 0.4) is 0 Å². The van der Waals surface area contributed by atoms with Crippen molar-refractivity contribution in [2.24, 2.45) is 0 Å². The number of hydrogen-bond donors (Lipinski definition) is 0. The van der Waals surface area contributed by atoms with Crippen LogP contribution in [0.4, 0.5) is 0 Å². The van der Waals surface area contributed by atoms with Gasteiger partial charge in [0.05, 0.1) is 12.5 Å². The molecule has 72 valence electrons. The van der Waals surface area contributed by atoms with Crippen LogP contribution in [0, 0.1) is 0 Å². The van der Waals surface area contributed by atoms with E-state index in [0.717, 1.165) is 17.7 Å². The third kappa shape index (κ3) is 3.09. The molecule has 0 fully saturated rings. The molecular weight excluding hydrogens is 207 g/mol.